The molecule has 0 spiro atoms. The van der Waals surface area contributed by atoms with E-state index in [1.54, 1.807) is 24.3 Å². The van der Waals surface area contributed by atoms with Gasteiger partial charge < -0.3 is 19.3 Å². The number of ether oxygens (including phenoxy) is 2. The Morgan fingerprint density at radius 3 is 1.08 bits per heavy atom. The standard InChI is InChI=1S/C40H40N2O6S2/c43-37(27-49-35-17-9-31(10-18-35)39(45)29-5-13-33(14-6-29)41-21-1-2-22-41)47-25-26-48-38(44)28-50-36-19-11-32(12-20-36)40(46)30-7-15-34(16-8-30)42-23-3-4-24-42/h5-20H,1-4,21-28H2. The molecule has 0 N–H and O–H groups in total. The van der Waals surface area contributed by atoms with Gasteiger partial charge in [-0.2, -0.15) is 0 Å². The first-order chi connectivity index (χ1) is 24.4. The second-order valence-electron chi connectivity index (χ2n) is 12.2. The third-order valence-electron chi connectivity index (χ3n) is 8.76. The highest BCUT2D eigenvalue weighted by molar-refractivity contribution is 8.00. The fourth-order valence-corrected chi connectivity index (χ4v) is 7.41. The van der Waals surface area contributed by atoms with Crippen molar-refractivity contribution >= 4 is 58.4 Å². The van der Waals surface area contributed by atoms with Gasteiger partial charge in [-0.1, -0.05) is 0 Å². The van der Waals surface area contributed by atoms with Crippen LogP contribution in [0, 0.1) is 0 Å². The van der Waals surface area contributed by atoms with Crippen LogP contribution in [0.4, 0.5) is 11.4 Å². The lowest BCUT2D eigenvalue weighted by Gasteiger charge is -2.17. The second kappa shape index (κ2) is 17.4. The average molecular weight is 709 g/mol. The Morgan fingerprint density at radius 2 is 0.760 bits per heavy atom. The highest BCUT2D eigenvalue weighted by Gasteiger charge is 2.16. The molecule has 8 nitrogen and oxygen atoms in total. The van der Waals surface area contributed by atoms with Crippen LogP contribution in [0.3, 0.4) is 0 Å². The molecular weight excluding hydrogens is 669 g/mol. The van der Waals surface area contributed by atoms with Crippen molar-refractivity contribution in [3.8, 4) is 0 Å². The Labute approximate surface area is 301 Å². The zero-order chi connectivity index (χ0) is 34.7. The SMILES string of the molecule is O=C(CSc1ccc(C(=O)c2ccc(N3CCCC3)cc2)cc1)OCCOC(=O)CSc1ccc(C(=O)c2ccc(N3CCCC3)cc2)cc1. The largest absolute Gasteiger partial charge is 0.461 e. The van der Waals surface area contributed by atoms with E-state index in [0.717, 1.165) is 47.3 Å². The number of hydrogen-bond donors (Lipinski definition) is 0. The van der Waals surface area contributed by atoms with E-state index in [2.05, 4.69) is 9.80 Å². The molecule has 0 aromatic heterocycles. The number of rotatable bonds is 15. The maximum absolute atomic E-state index is 12.9. The van der Waals surface area contributed by atoms with Crippen molar-refractivity contribution in [1.82, 2.24) is 0 Å². The maximum atomic E-state index is 12.9. The van der Waals surface area contributed by atoms with Gasteiger partial charge in [0.25, 0.3) is 0 Å². The fourth-order valence-electron chi connectivity index (χ4n) is 6.02. The van der Waals surface area contributed by atoms with Crippen LogP contribution in [0.2, 0.25) is 0 Å². The van der Waals surface area contributed by atoms with Crippen LogP contribution in [-0.4, -0.2) is 74.4 Å². The Bertz CT molecular complexity index is 1630. The predicted molar refractivity (Wildman–Crippen MR) is 199 cm³/mol. The maximum Gasteiger partial charge on any atom is 0.316 e. The van der Waals surface area contributed by atoms with E-state index < -0.39 is 11.9 Å². The smallest absolute Gasteiger partial charge is 0.316 e. The first kappa shape index (κ1) is 35.3. The molecule has 50 heavy (non-hydrogen) atoms. The Morgan fingerprint density at radius 1 is 0.460 bits per heavy atom. The lowest BCUT2D eigenvalue weighted by Crippen LogP contribution is -2.17. The van der Waals surface area contributed by atoms with Gasteiger partial charge in [-0.3, -0.25) is 19.2 Å². The number of carbonyl (C=O) groups excluding carboxylic acids is 4. The van der Waals surface area contributed by atoms with Crippen molar-refractivity contribution in [2.45, 2.75) is 35.5 Å². The van der Waals surface area contributed by atoms with E-state index in [9.17, 15) is 19.2 Å². The van der Waals surface area contributed by atoms with E-state index >= 15 is 0 Å². The van der Waals surface area contributed by atoms with Gasteiger partial charge >= 0.3 is 11.9 Å². The van der Waals surface area contributed by atoms with Crippen LogP contribution in [0.5, 0.6) is 0 Å². The molecule has 4 aromatic carbocycles. The zero-order valence-electron chi connectivity index (χ0n) is 27.9. The van der Waals surface area contributed by atoms with Gasteiger partial charge in [0, 0.05) is 69.6 Å². The fraction of sp³-hybridized carbons (Fsp3) is 0.300. The average Bonchev–Trinajstić information content (AvgIpc) is 3.91. The van der Waals surface area contributed by atoms with Gasteiger partial charge in [-0.05, 0) is 123 Å². The van der Waals surface area contributed by atoms with E-state index in [1.807, 2.05) is 72.8 Å². The number of nitrogens with zero attached hydrogens (tertiary/aromatic N) is 2. The molecule has 0 saturated carbocycles. The summed E-state index contributed by atoms with van der Waals surface area (Å²) in [6.07, 6.45) is 4.82. The summed E-state index contributed by atoms with van der Waals surface area (Å²) in [5, 5.41) is 0. The van der Waals surface area contributed by atoms with Crippen molar-refractivity contribution in [2.75, 3.05) is 60.7 Å². The number of ketones is 2. The Balaban J connectivity index is 0.847. The summed E-state index contributed by atoms with van der Waals surface area (Å²) in [5.74, 6) is -0.733. The molecular formula is C40H40N2O6S2. The van der Waals surface area contributed by atoms with Gasteiger partial charge in [0.1, 0.15) is 13.2 Å². The first-order valence-electron chi connectivity index (χ1n) is 17.0. The summed E-state index contributed by atoms with van der Waals surface area (Å²) in [5.41, 5.74) is 4.77. The monoisotopic (exact) mass is 708 g/mol. The summed E-state index contributed by atoms with van der Waals surface area (Å²) in [6, 6.07) is 29.9. The van der Waals surface area contributed by atoms with Crippen molar-refractivity contribution < 1.29 is 28.7 Å². The molecule has 0 bridgehead atoms. The molecule has 2 aliphatic rings. The molecule has 0 radical (unpaired) electrons. The van der Waals surface area contributed by atoms with Crippen LogP contribution in [0.25, 0.3) is 0 Å². The van der Waals surface area contributed by atoms with Crippen molar-refractivity contribution in [3.05, 3.63) is 119 Å². The van der Waals surface area contributed by atoms with Gasteiger partial charge in [-0.25, -0.2) is 0 Å². The molecule has 0 unspecified atom stereocenters. The minimum atomic E-state index is -0.421. The summed E-state index contributed by atoms with van der Waals surface area (Å²) < 4.78 is 10.4. The highest BCUT2D eigenvalue weighted by atomic mass is 32.2. The Hall–Kier alpha value is -4.54. The summed E-state index contributed by atoms with van der Waals surface area (Å²) >= 11 is 2.62. The molecule has 0 atom stereocenters. The quantitative estimate of drug-likeness (QED) is 0.0542. The molecule has 0 amide bonds. The second-order valence-corrected chi connectivity index (χ2v) is 14.3. The molecule has 2 heterocycles. The third-order valence-corrected chi connectivity index (χ3v) is 10.7. The summed E-state index contributed by atoms with van der Waals surface area (Å²) in [6.45, 7) is 4.18. The number of anilines is 2. The van der Waals surface area contributed by atoms with Gasteiger partial charge in [0.15, 0.2) is 11.6 Å². The molecule has 0 aliphatic carbocycles. The zero-order valence-corrected chi connectivity index (χ0v) is 29.5. The summed E-state index contributed by atoms with van der Waals surface area (Å²) in [4.78, 5) is 56.7. The molecule has 6 rings (SSSR count). The third kappa shape index (κ3) is 9.57. The van der Waals surface area contributed by atoms with Crippen molar-refractivity contribution in [3.63, 3.8) is 0 Å². The number of carbonyl (C=O) groups is 4. The molecule has 4 aromatic rings. The lowest BCUT2D eigenvalue weighted by molar-refractivity contribution is -0.148. The normalized spacial score (nSPS) is 14.1. The van der Waals surface area contributed by atoms with Crippen LogP contribution in [0.15, 0.2) is 107 Å². The van der Waals surface area contributed by atoms with Gasteiger partial charge in [-0.15, -0.1) is 23.5 Å². The van der Waals surface area contributed by atoms with Crippen molar-refractivity contribution in [1.29, 1.82) is 0 Å². The number of thioether (sulfide) groups is 2. The van der Waals surface area contributed by atoms with Crippen LogP contribution < -0.4 is 9.80 Å². The number of hydrogen-bond acceptors (Lipinski definition) is 10. The van der Waals surface area contributed by atoms with E-state index in [0.29, 0.717) is 22.3 Å². The van der Waals surface area contributed by atoms with Crippen LogP contribution in [0.1, 0.15) is 57.5 Å². The molecule has 2 fully saturated rings. The number of esters is 2. The van der Waals surface area contributed by atoms with E-state index in [4.69, 9.17) is 9.47 Å². The van der Waals surface area contributed by atoms with Gasteiger partial charge in [0.2, 0.25) is 0 Å². The highest BCUT2D eigenvalue weighted by Crippen LogP contribution is 2.25. The minimum Gasteiger partial charge on any atom is -0.461 e. The van der Waals surface area contributed by atoms with E-state index in [-0.39, 0.29) is 36.3 Å². The number of benzene rings is 4. The molecule has 10 heteroatoms. The first-order valence-corrected chi connectivity index (χ1v) is 19.0. The topological polar surface area (TPSA) is 93.2 Å². The summed E-state index contributed by atoms with van der Waals surface area (Å²) in [7, 11) is 0. The lowest BCUT2D eigenvalue weighted by atomic mass is 10.0. The van der Waals surface area contributed by atoms with Crippen LogP contribution >= 0.6 is 23.5 Å². The van der Waals surface area contributed by atoms with Crippen LogP contribution in [-0.2, 0) is 19.1 Å². The van der Waals surface area contributed by atoms with E-state index in [1.165, 1.54) is 49.2 Å². The predicted octanol–water partition coefficient (Wildman–Crippen LogP) is 7.32. The molecule has 2 saturated heterocycles. The molecule has 2 aliphatic heterocycles. The van der Waals surface area contributed by atoms with Crippen molar-refractivity contribution in [2.24, 2.45) is 0 Å². The van der Waals surface area contributed by atoms with Gasteiger partial charge in [0.05, 0.1) is 11.5 Å². The molecule has 258 valence electrons. The minimum absolute atomic E-state index is 0.0321. The Kier molecular flexibility index (Phi) is 12.3.